The second-order valence-electron chi connectivity index (χ2n) is 16.7. The van der Waals surface area contributed by atoms with Crippen molar-refractivity contribution in [3.8, 4) is 44.5 Å². The number of rotatable bonds is 4. The van der Waals surface area contributed by atoms with Crippen molar-refractivity contribution in [3.63, 3.8) is 0 Å². The summed E-state index contributed by atoms with van der Waals surface area (Å²) in [5.41, 5.74) is 17.2. The number of allylic oxidation sites excluding steroid dienone is 2. The molecule has 1 heterocycles. The normalized spacial score (nSPS) is 13.5. The van der Waals surface area contributed by atoms with E-state index in [1.807, 2.05) is 19.1 Å². The molecule has 284 valence electrons. The van der Waals surface area contributed by atoms with Crippen molar-refractivity contribution in [3.05, 3.63) is 234 Å². The molecule has 0 bridgehead atoms. The van der Waals surface area contributed by atoms with Crippen molar-refractivity contribution in [1.29, 1.82) is 0 Å². The van der Waals surface area contributed by atoms with Crippen LogP contribution in [0.25, 0.3) is 105 Å². The summed E-state index contributed by atoms with van der Waals surface area (Å²) in [6, 6.07) is 68.5. The predicted molar refractivity (Wildman–Crippen MR) is 257 cm³/mol. The van der Waals surface area contributed by atoms with Gasteiger partial charge in [0.05, 0.1) is 5.41 Å². The molecule has 0 unspecified atom stereocenters. The molecule has 10 aromatic carbocycles. The Kier molecular flexibility index (Phi) is 7.07. The minimum atomic E-state index is -0.445. The van der Waals surface area contributed by atoms with Gasteiger partial charge in [-0.05, 0) is 147 Å². The standard InChI is InChI=1S/C60H38O/c1-3-4-16-42-36(2)61-56-31-29-40(34-52(42)56)58-48-22-9-7-20-46(48)57(47-21-8-10-23-49(47)58)39-27-26-38-33-51-50-30-28-37-15-5-6-17-43(37)59(50)60(55(51)35-41(38)32-39)53-24-13-11-18-44(53)45-19-12-14-25-54(45)60/h3-35H,1H2,2H3/b16-4-. The highest BCUT2D eigenvalue weighted by atomic mass is 16.3. The van der Waals surface area contributed by atoms with E-state index in [0.29, 0.717) is 0 Å². The number of furan rings is 1. The number of hydrogen-bond donors (Lipinski definition) is 0. The van der Waals surface area contributed by atoms with E-state index in [1.54, 1.807) is 0 Å². The highest BCUT2D eigenvalue weighted by Crippen LogP contribution is 2.64. The van der Waals surface area contributed by atoms with Gasteiger partial charge in [-0.25, -0.2) is 0 Å². The Labute approximate surface area is 354 Å². The van der Waals surface area contributed by atoms with Crippen LogP contribution in [-0.4, -0.2) is 0 Å². The molecular weight excluding hydrogens is 737 g/mol. The molecule has 0 radical (unpaired) electrons. The summed E-state index contributed by atoms with van der Waals surface area (Å²) < 4.78 is 6.22. The molecule has 0 aliphatic heterocycles. The van der Waals surface area contributed by atoms with E-state index < -0.39 is 5.41 Å². The second kappa shape index (κ2) is 12.6. The zero-order valence-corrected chi connectivity index (χ0v) is 33.7. The fraction of sp³-hybridized carbons (Fsp3) is 0.0333. The molecule has 13 rings (SSSR count). The van der Waals surface area contributed by atoms with Gasteiger partial charge in [0.15, 0.2) is 0 Å². The molecule has 2 aliphatic rings. The summed E-state index contributed by atoms with van der Waals surface area (Å²) >= 11 is 0. The van der Waals surface area contributed by atoms with Gasteiger partial charge in [-0.2, -0.15) is 0 Å². The van der Waals surface area contributed by atoms with Crippen molar-refractivity contribution < 1.29 is 4.42 Å². The molecule has 1 aromatic heterocycles. The van der Waals surface area contributed by atoms with Crippen LogP contribution in [0.1, 0.15) is 33.6 Å². The Balaban J connectivity index is 1.07. The van der Waals surface area contributed by atoms with Crippen molar-refractivity contribution in [2.45, 2.75) is 12.3 Å². The zero-order valence-electron chi connectivity index (χ0n) is 33.7. The smallest absolute Gasteiger partial charge is 0.134 e. The molecule has 1 spiro atoms. The van der Waals surface area contributed by atoms with Gasteiger partial charge in [0, 0.05) is 10.9 Å². The van der Waals surface area contributed by atoms with Gasteiger partial charge < -0.3 is 4.42 Å². The van der Waals surface area contributed by atoms with Gasteiger partial charge in [-0.15, -0.1) is 0 Å². The molecule has 11 aromatic rings. The van der Waals surface area contributed by atoms with Gasteiger partial charge in [-0.1, -0.05) is 176 Å². The Morgan fingerprint density at radius 3 is 1.69 bits per heavy atom. The average Bonchev–Trinajstić information content (AvgIpc) is 3.90. The van der Waals surface area contributed by atoms with E-state index in [0.717, 1.165) is 22.3 Å². The van der Waals surface area contributed by atoms with E-state index in [1.165, 1.54) is 110 Å². The first-order valence-corrected chi connectivity index (χ1v) is 21.2. The average molecular weight is 775 g/mol. The number of benzene rings is 10. The molecule has 0 saturated heterocycles. The summed E-state index contributed by atoms with van der Waals surface area (Å²) in [5.74, 6) is 0.904. The van der Waals surface area contributed by atoms with Crippen LogP contribution >= 0.6 is 0 Å². The monoisotopic (exact) mass is 774 g/mol. The molecule has 1 nitrogen and oxygen atoms in total. The summed E-state index contributed by atoms with van der Waals surface area (Å²) in [4.78, 5) is 0. The van der Waals surface area contributed by atoms with Gasteiger partial charge in [0.1, 0.15) is 11.3 Å². The summed E-state index contributed by atoms with van der Waals surface area (Å²) in [7, 11) is 0. The Morgan fingerprint density at radius 1 is 0.443 bits per heavy atom. The van der Waals surface area contributed by atoms with Crippen molar-refractivity contribution in [2.75, 3.05) is 0 Å². The van der Waals surface area contributed by atoms with Gasteiger partial charge in [-0.3, -0.25) is 0 Å². The first kappa shape index (κ1) is 34.2. The molecule has 0 amide bonds. The lowest BCUT2D eigenvalue weighted by Crippen LogP contribution is -2.26. The van der Waals surface area contributed by atoms with Crippen molar-refractivity contribution in [2.24, 2.45) is 0 Å². The second-order valence-corrected chi connectivity index (χ2v) is 16.7. The largest absolute Gasteiger partial charge is 0.461 e. The lowest BCUT2D eigenvalue weighted by molar-refractivity contribution is 0.577. The van der Waals surface area contributed by atoms with Gasteiger partial charge >= 0.3 is 0 Å². The Morgan fingerprint density at radius 2 is 1.02 bits per heavy atom. The van der Waals surface area contributed by atoms with E-state index in [9.17, 15) is 0 Å². The minimum Gasteiger partial charge on any atom is -0.461 e. The third-order valence-corrected chi connectivity index (χ3v) is 13.7. The van der Waals surface area contributed by atoms with Crippen LogP contribution in [0, 0.1) is 6.92 Å². The lowest BCUT2D eigenvalue weighted by atomic mass is 9.69. The van der Waals surface area contributed by atoms with Crippen LogP contribution in [-0.2, 0) is 5.41 Å². The summed E-state index contributed by atoms with van der Waals surface area (Å²) in [6.45, 7) is 5.94. The topological polar surface area (TPSA) is 13.1 Å². The van der Waals surface area contributed by atoms with E-state index in [-0.39, 0.29) is 0 Å². The molecule has 1 heteroatoms. The first-order chi connectivity index (χ1) is 30.1. The third kappa shape index (κ3) is 4.55. The molecule has 0 fully saturated rings. The molecule has 0 atom stereocenters. The minimum absolute atomic E-state index is 0.445. The van der Waals surface area contributed by atoms with Crippen LogP contribution in [0.15, 0.2) is 205 Å². The fourth-order valence-electron chi connectivity index (χ4n) is 11.3. The highest BCUT2D eigenvalue weighted by molar-refractivity contribution is 6.22. The molecule has 0 N–H and O–H groups in total. The van der Waals surface area contributed by atoms with Crippen LogP contribution in [0.5, 0.6) is 0 Å². The van der Waals surface area contributed by atoms with Crippen LogP contribution < -0.4 is 0 Å². The number of fused-ring (bicyclic) bond motifs is 16. The number of hydrogen-bond acceptors (Lipinski definition) is 1. The Hall–Kier alpha value is -7.74. The van der Waals surface area contributed by atoms with E-state index in [4.69, 9.17) is 4.42 Å². The molecule has 0 saturated carbocycles. The van der Waals surface area contributed by atoms with E-state index in [2.05, 4.69) is 195 Å². The summed E-state index contributed by atoms with van der Waals surface area (Å²) in [5, 5.41) is 11.1. The molecular formula is C60H38O. The van der Waals surface area contributed by atoms with Crippen LogP contribution in [0.4, 0.5) is 0 Å². The molecule has 61 heavy (non-hydrogen) atoms. The number of aryl methyl sites for hydroxylation is 1. The van der Waals surface area contributed by atoms with E-state index >= 15 is 0 Å². The maximum absolute atomic E-state index is 6.22. The Bertz CT molecular complexity index is 3640. The SMILES string of the molecule is C=C/C=C\c1c(C)oc2ccc(-c3c4ccccc4c(-c4ccc5cc6c(cc5c4)C4(c5ccccc5-c5ccccc54)c4c-6ccc5ccccc45)c4ccccc34)cc12. The summed E-state index contributed by atoms with van der Waals surface area (Å²) in [6.07, 6.45) is 5.89. The van der Waals surface area contributed by atoms with Crippen LogP contribution in [0.3, 0.4) is 0 Å². The van der Waals surface area contributed by atoms with Crippen molar-refractivity contribution in [1.82, 2.24) is 0 Å². The molecule has 2 aliphatic carbocycles. The van der Waals surface area contributed by atoms with Crippen molar-refractivity contribution >= 4 is 60.1 Å². The quantitative estimate of drug-likeness (QED) is 0.128. The maximum atomic E-state index is 6.22. The lowest BCUT2D eigenvalue weighted by Gasteiger charge is -2.31. The maximum Gasteiger partial charge on any atom is 0.134 e. The fourth-order valence-corrected chi connectivity index (χ4v) is 11.3. The third-order valence-electron chi connectivity index (χ3n) is 13.7. The van der Waals surface area contributed by atoms with Crippen LogP contribution in [0.2, 0.25) is 0 Å². The predicted octanol–water partition coefficient (Wildman–Crippen LogP) is 16.2. The van der Waals surface area contributed by atoms with Gasteiger partial charge in [0.2, 0.25) is 0 Å². The van der Waals surface area contributed by atoms with Gasteiger partial charge in [0.25, 0.3) is 0 Å². The highest BCUT2D eigenvalue weighted by Gasteiger charge is 2.52. The first-order valence-electron chi connectivity index (χ1n) is 21.2. The zero-order chi connectivity index (χ0) is 40.4.